The SMILES string of the molecule is CC1CCCC(C)N1CC(O)CC1C=C(/C=N/NC(=O)c2ccncc2)c2ccccc21. The highest BCUT2D eigenvalue weighted by atomic mass is 16.3. The molecule has 2 aliphatic rings. The number of nitrogens with zero attached hydrogens (tertiary/aromatic N) is 3. The molecule has 2 aromatic rings. The van der Waals surface area contributed by atoms with E-state index in [-0.39, 0.29) is 11.8 Å². The predicted molar refractivity (Wildman–Crippen MR) is 127 cm³/mol. The Morgan fingerprint density at radius 3 is 2.69 bits per heavy atom. The number of aliphatic hydroxyl groups is 1. The first-order valence-corrected chi connectivity index (χ1v) is 11.5. The highest BCUT2D eigenvalue weighted by Gasteiger charge is 2.29. The first-order valence-electron chi connectivity index (χ1n) is 11.5. The summed E-state index contributed by atoms with van der Waals surface area (Å²) in [7, 11) is 0. The molecule has 0 spiro atoms. The molecule has 1 aliphatic heterocycles. The summed E-state index contributed by atoms with van der Waals surface area (Å²) in [5, 5.41) is 15.1. The predicted octanol–water partition coefficient (Wildman–Crippen LogP) is 3.99. The van der Waals surface area contributed by atoms with Crippen LogP contribution in [-0.4, -0.2) is 51.8 Å². The van der Waals surface area contributed by atoms with Crippen molar-refractivity contribution in [2.45, 2.75) is 63.6 Å². The van der Waals surface area contributed by atoms with E-state index >= 15 is 0 Å². The van der Waals surface area contributed by atoms with Gasteiger partial charge in [-0.3, -0.25) is 14.7 Å². The average Bonchev–Trinajstić information content (AvgIpc) is 3.14. The summed E-state index contributed by atoms with van der Waals surface area (Å²) >= 11 is 0. The number of β-amino-alcohol motifs (C(OH)–C–C–N with tert-alkyl or cyclic N) is 1. The maximum atomic E-state index is 12.2. The molecular formula is C26H32N4O2. The second kappa shape index (κ2) is 10.2. The number of allylic oxidation sites excluding steroid dienone is 2. The minimum absolute atomic E-state index is 0.133. The largest absolute Gasteiger partial charge is 0.392 e. The average molecular weight is 433 g/mol. The molecule has 0 bridgehead atoms. The number of carbonyl (C=O) groups is 1. The number of pyridine rings is 1. The molecule has 1 aliphatic carbocycles. The van der Waals surface area contributed by atoms with Gasteiger partial charge in [-0.2, -0.15) is 5.10 Å². The molecular weight excluding hydrogens is 400 g/mol. The molecule has 1 aromatic heterocycles. The Bertz CT molecular complexity index is 978. The molecule has 6 heteroatoms. The van der Waals surface area contributed by atoms with Gasteiger partial charge >= 0.3 is 0 Å². The van der Waals surface area contributed by atoms with Gasteiger partial charge in [-0.05, 0) is 61.9 Å². The number of rotatable bonds is 7. The normalized spacial score (nSPS) is 24.2. The highest BCUT2D eigenvalue weighted by Crippen LogP contribution is 2.38. The van der Waals surface area contributed by atoms with Crippen LogP contribution in [0.4, 0.5) is 0 Å². The Labute approximate surface area is 190 Å². The second-order valence-corrected chi connectivity index (χ2v) is 8.97. The molecule has 32 heavy (non-hydrogen) atoms. The van der Waals surface area contributed by atoms with Crippen LogP contribution in [-0.2, 0) is 0 Å². The molecule has 1 aromatic carbocycles. The van der Waals surface area contributed by atoms with Gasteiger partial charge in [0.25, 0.3) is 5.91 Å². The van der Waals surface area contributed by atoms with E-state index in [0.29, 0.717) is 30.6 Å². The minimum atomic E-state index is -0.394. The fourth-order valence-corrected chi connectivity index (χ4v) is 4.96. The number of hydrogen-bond donors (Lipinski definition) is 2. The smallest absolute Gasteiger partial charge is 0.271 e. The summed E-state index contributed by atoms with van der Waals surface area (Å²) in [5.74, 6) is -0.138. The van der Waals surface area contributed by atoms with Crippen LogP contribution in [0.15, 0.2) is 60.0 Å². The number of likely N-dealkylation sites (tertiary alicyclic amines) is 1. The van der Waals surface area contributed by atoms with Crippen LogP contribution in [0, 0.1) is 0 Å². The maximum Gasteiger partial charge on any atom is 0.271 e. The Morgan fingerprint density at radius 1 is 1.22 bits per heavy atom. The quantitative estimate of drug-likeness (QED) is 0.512. The lowest BCUT2D eigenvalue weighted by atomic mass is 9.93. The molecule has 0 radical (unpaired) electrons. The maximum absolute atomic E-state index is 12.2. The van der Waals surface area contributed by atoms with Crippen molar-refractivity contribution in [2.24, 2.45) is 5.10 Å². The van der Waals surface area contributed by atoms with E-state index < -0.39 is 6.10 Å². The van der Waals surface area contributed by atoms with Gasteiger partial charge in [0.2, 0.25) is 0 Å². The van der Waals surface area contributed by atoms with Gasteiger partial charge in [0.1, 0.15) is 0 Å². The molecule has 2 heterocycles. The standard InChI is InChI=1S/C26H32N4O2/c1-18-6-5-7-19(2)30(18)17-23(31)15-21-14-22(25-9-4-3-8-24(21)25)16-28-29-26(32)20-10-12-27-13-11-20/h3-4,8-14,16,18-19,21,23,31H,5-7,15,17H2,1-2H3,(H,29,32)/b28-16+. The lowest BCUT2D eigenvalue weighted by Crippen LogP contribution is -2.47. The number of fused-ring (bicyclic) bond motifs is 1. The molecule has 4 atom stereocenters. The summed E-state index contributed by atoms with van der Waals surface area (Å²) in [6.07, 6.45) is 11.0. The molecule has 168 valence electrons. The number of piperidine rings is 1. The lowest BCUT2D eigenvalue weighted by Gasteiger charge is -2.40. The van der Waals surface area contributed by atoms with Gasteiger partial charge in [0, 0.05) is 42.5 Å². The van der Waals surface area contributed by atoms with Crippen molar-refractivity contribution in [3.8, 4) is 0 Å². The van der Waals surface area contributed by atoms with Crippen molar-refractivity contribution in [2.75, 3.05) is 6.54 Å². The van der Waals surface area contributed by atoms with Gasteiger partial charge < -0.3 is 5.11 Å². The zero-order chi connectivity index (χ0) is 22.5. The van der Waals surface area contributed by atoms with Crippen molar-refractivity contribution in [1.82, 2.24) is 15.3 Å². The van der Waals surface area contributed by atoms with Crippen molar-refractivity contribution < 1.29 is 9.90 Å². The molecule has 1 saturated heterocycles. The van der Waals surface area contributed by atoms with Gasteiger partial charge in [-0.1, -0.05) is 36.8 Å². The van der Waals surface area contributed by atoms with E-state index in [0.717, 1.165) is 11.1 Å². The van der Waals surface area contributed by atoms with Crippen molar-refractivity contribution >= 4 is 17.7 Å². The van der Waals surface area contributed by atoms with Crippen LogP contribution in [0.5, 0.6) is 0 Å². The van der Waals surface area contributed by atoms with Gasteiger partial charge in [-0.25, -0.2) is 5.43 Å². The molecule has 1 amide bonds. The van der Waals surface area contributed by atoms with Gasteiger partial charge in [-0.15, -0.1) is 0 Å². The van der Waals surface area contributed by atoms with Crippen LogP contribution < -0.4 is 5.43 Å². The third-order valence-corrected chi connectivity index (χ3v) is 6.69. The minimum Gasteiger partial charge on any atom is -0.392 e. The molecule has 4 unspecified atom stereocenters. The number of hydrazone groups is 1. The second-order valence-electron chi connectivity index (χ2n) is 8.97. The number of benzene rings is 1. The van der Waals surface area contributed by atoms with Crippen molar-refractivity contribution in [1.29, 1.82) is 0 Å². The number of aromatic nitrogens is 1. The van der Waals surface area contributed by atoms with E-state index in [1.54, 1.807) is 30.7 Å². The van der Waals surface area contributed by atoms with Crippen LogP contribution in [0.2, 0.25) is 0 Å². The number of hydrogen-bond acceptors (Lipinski definition) is 5. The first kappa shape index (κ1) is 22.4. The Morgan fingerprint density at radius 2 is 1.94 bits per heavy atom. The fraction of sp³-hybridized carbons (Fsp3) is 0.423. The van der Waals surface area contributed by atoms with Gasteiger partial charge in [0.15, 0.2) is 0 Å². The number of amides is 1. The van der Waals surface area contributed by atoms with E-state index in [9.17, 15) is 9.90 Å². The monoisotopic (exact) mass is 432 g/mol. The number of nitrogens with one attached hydrogen (secondary N) is 1. The Hall–Kier alpha value is -2.83. The van der Waals surface area contributed by atoms with Crippen molar-refractivity contribution in [3.05, 3.63) is 71.6 Å². The molecule has 4 rings (SSSR count). The van der Waals surface area contributed by atoms with E-state index in [1.165, 1.54) is 24.8 Å². The third kappa shape index (κ3) is 5.14. The van der Waals surface area contributed by atoms with E-state index in [2.05, 4.69) is 52.5 Å². The third-order valence-electron chi connectivity index (χ3n) is 6.69. The van der Waals surface area contributed by atoms with E-state index in [4.69, 9.17) is 0 Å². The van der Waals surface area contributed by atoms with Crippen molar-refractivity contribution in [3.63, 3.8) is 0 Å². The van der Waals surface area contributed by atoms with E-state index in [1.807, 2.05) is 12.1 Å². The Kier molecular flexibility index (Phi) is 7.12. The van der Waals surface area contributed by atoms with Crippen LogP contribution in [0.25, 0.3) is 5.57 Å². The Balaban J connectivity index is 1.42. The van der Waals surface area contributed by atoms with Crippen LogP contribution in [0.3, 0.4) is 0 Å². The highest BCUT2D eigenvalue weighted by molar-refractivity contribution is 6.12. The fourth-order valence-electron chi connectivity index (χ4n) is 4.96. The molecule has 2 N–H and O–H groups in total. The summed E-state index contributed by atoms with van der Waals surface area (Å²) < 4.78 is 0. The summed E-state index contributed by atoms with van der Waals surface area (Å²) in [6, 6.07) is 12.6. The summed E-state index contributed by atoms with van der Waals surface area (Å²) in [6.45, 7) is 5.24. The van der Waals surface area contributed by atoms with Crippen LogP contribution in [0.1, 0.15) is 66.9 Å². The first-order chi connectivity index (χ1) is 15.5. The molecule has 1 fully saturated rings. The zero-order valence-electron chi connectivity index (χ0n) is 18.8. The topological polar surface area (TPSA) is 77.8 Å². The lowest BCUT2D eigenvalue weighted by molar-refractivity contribution is 0.0370. The number of carbonyl (C=O) groups excluding carboxylic acids is 1. The molecule has 0 saturated carbocycles. The zero-order valence-corrected chi connectivity index (χ0v) is 18.8. The summed E-state index contributed by atoms with van der Waals surface area (Å²) in [5.41, 5.74) is 6.37. The molecule has 6 nitrogen and oxygen atoms in total. The van der Waals surface area contributed by atoms with Crippen LogP contribution >= 0.6 is 0 Å². The number of aliphatic hydroxyl groups excluding tert-OH is 1. The summed E-state index contributed by atoms with van der Waals surface area (Å²) in [4.78, 5) is 18.6. The van der Waals surface area contributed by atoms with Gasteiger partial charge in [0.05, 0.1) is 12.3 Å².